The maximum Gasteiger partial charge on any atom is 0.254 e. The van der Waals surface area contributed by atoms with E-state index in [1.807, 2.05) is 31.2 Å². The van der Waals surface area contributed by atoms with E-state index in [4.69, 9.17) is 0 Å². The number of benzene rings is 2. The van der Waals surface area contributed by atoms with E-state index in [1.54, 1.807) is 6.07 Å². The fourth-order valence-corrected chi connectivity index (χ4v) is 2.16. The van der Waals surface area contributed by atoms with E-state index in [2.05, 4.69) is 15.3 Å². The normalized spacial score (nSPS) is 10.8. The number of rotatable bonds is 3. The zero-order valence-corrected chi connectivity index (χ0v) is 11.5. The highest BCUT2D eigenvalue weighted by Crippen LogP contribution is 2.12. The van der Waals surface area contributed by atoms with Crippen LogP contribution in [-0.2, 0) is 6.54 Å². The predicted octanol–water partition coefficient (Wildman–Crippen LogP) is 2.94. The van der Waals surface area contributed by atoms with E-state index in [1.165, 1.54) is 12.1 Å². The molecular formula is C16H14FN3O. The zero-order valence-electron chi connectivity index (χ0n) is 11.5. The minimum absolute atomic E-state index is 0.0473. The standard InChI is InChI=1S/C16H14FN3O/c1-10-6-7-12(17)11(8-10)16(21)18-9-15-19-13-4-2-3-5-14(13)20-15/h2-8H,9H2,1H3,(H,18,21)(H,19,20). The number of hydrogen-bond acceptors (Lipinski definition) is 2. The molecule has 0 atom stereocenters. The third-order valence-electron chi connectivity index (χ3n) is 3.22. The van der Waals surface area contributed by atoms with Crippen molar-refractivity contribution < 1.29 is 9.18 Å². The molecule has 3 aromatic rings. The second-order valence-corrected chi connectivity index (χ2v) is 4.87. The van der Waals surface area contributed by atoms with E-state index in [0.29, 0.717) is 5.82 Å². The van der Waals surface area contributed by atoms with E-state index in [-0.39, 0.29) is 12.1 Å². The lowest BCUT2D eigenvalue weighted by Crippen LogP contribution is -2.24. The van der Waals surface area contributed by atoms with Gasteiger partial charge in [0.2, 0.25) is 0 Å². The molecule has 21 heavy (non-hydrogen) atoms. The number of nitrogens with zero attached hydrogens (tertiary/aromatic N) is 1. The van der Waals surface area contributed by atoms with E-state index in [0.717, 1.165) is 16.6 Å². The second kappa shape index (κ2) is 5.36. The Morgan fingerprint density at radius 3 is 2.90 bits per heavy atom. The topological polar surface area (TPSA) is 57.8 Å². The average molecular weight is 283 g/mol. The zero-order chi connectivity index (χ0) is 14.8. The summed E-state index contributed by atoms with van der Waals surface area (Å²) in [6.07, 6.45) is 0. The SMILES string of the molecule is Cc1ccc(F)c(C(=O)NCc2nc3ccccc3[nH]2)c1. The van der Waals surface area contributed by atoms with Crippen molar-refractivity contribution in [1.29, 1.82) is 0 Å². The van der Waals surface area contributed by atoms with Crippen molar-refractivity contribution in [2.24, 2.45) is 0 Å². The van der Waals surface area contributed by atoms with Crippen LogP contribution < -0.4 is 5.32 Å². The van der Waals surface area contributed by atoms with Gasteiger partial charge < -0.3 is 10.3 Å². The first-order valence-corrected chi connectivity index (χ1v) is 6.61. The minimum atomic E-state index is -0.525. The summed E-state index contributed by atoms with van der Waals surface area (Å²) in [5.41, 5.74) is 2.63. The molecule has 106 valence electrons. The molecule has 2 N–H and O–H groups in total. The Hall–Kier alpha value is -2.69. The van der Waals surface area contributed by atoms with Gasteiger partial charge in [-0.05, 0) is 31.2 Å². The molecule has 0 aliphatic rings. The van der Waals surface area contributed by atoms with Crippen LogP contribution in [0.3, 0.4) is 0 Å². The number of aryl methyl sites for hydroxylation is 1. The summed E-state index contributed by atoms with van der Waals surface area (Å²) in [6, 6.07) is 12.1. The first-order chi connectivity index (χ1) is 10.1. The highest BCUT2D eigenvalue weighted by Gasteiger charge is 2.12. The van der Waals surface area contributed by atoms with Gasteiger partial charge in [-0.15, -0.1) is 0 Å². The third kappa shape index (κ3) is 2.76. The van der Waals surface area contributed by atoms with Gasteiger partial charge in [0, 0.05) is 0 Å². The van der Waals surface area contributed by atoms with Gasteiger partial charge >= 0.3 is 0 Å². The molecule has 1 aromatic heterocycles. The number of amides is 1. The van der Waals surface area contributed by atoms with Crippen molar-refractivity contribution >= 4 is 16.9 Å². The Kier molecular flexibility index (Phi) is 3.39. The largest absolute Gasteiger partial charge is 0.345 e. The van der Waals surface area contributed by atoms with E-state index in [9.17, 15) is 9.18 Å². The number of aromatic amines is 1. The number of H-pyrrole nitrogens is 1. The first-order valence-electron chi connectivity index (χ1n) is 6.61. The maximum absolute atomic E-state index is 13.6. The molecule has 0 spiro atoms. The van der Waals surface area contributed by atoms with Gasteiger partial charge in [-0.3, -0.25) is 4.79 Å². The quantitative estimate of drug-likeness (QED) is 0.776. The van der Waals surface area contributed by atoms with Crippen LogP contribution in [0.1, 0.15) is 21.7 Å². The molecule has 0 bridgehead atoms. The van der Waals surface area contributed by atoms with Crippen LogP contribution in [0.4, 0.5) is 4.39 Å². The fourth-order valence-electron chi connectivity index (χ4n) is 2.16. The first kappa shape index (κ1) is 13.3. The van der Waals surface area contributed by atoms with Gasteiger partial charge in [-0.25, -0.2) is 9.37 Å². The second-order valence-electron chi connectivity index (χ2n) is 4.87. The number of halogens is 1. The maximum atomic E-state index is 13.6. The third-order valence-corrected chi connectivity index (χ3v) is 3.22. The number of imidazole rings is 1. The van der Waals surface area contributed by atoms with Crippen LogP contribution in [0, 0.1) is 12.7 Å². The van der Waals surface area contributed by atoms with Gasteiger partial charge in [0.05, 0.1) is 23.1 Å². The van der Waals surface area contributed by atoms with Crippen LogP contribution in [-0.4, -0.2) is 15.9 Å². The molecule has 3 rings (SSSR count). The molecule has 5 heteroatoms. The van der Waals surface area contributed by atoms with Gasteiger partial charge in [0.1, 0.15) is 11.6 Å². The van der Waals surface area contributed by atoms with Crippen molar-refractivity contribution in [3.8, 4) is 0 Å². The van der Waals surface area contributed by atoms with Crippen molar-refractivity contribution in [3.63, 3.8) is 0 Å². The highest BCUT2D eigenvalue weighted by atomic mass is 19.1. The van der Waals surface area contributed by atoms with Crippen molar-refractivity contribution in [2.75, 3.05) is 0 Å². The number of para-hydroxylation sites is 2. The van der Waals surface area contributed by atoms with Crippen LogP contribution in [0.2, 0.25) is 0 Å². The smallest absolute Gasteiger partial charge is 0.254 e. The summed E-state index contributed by atoms with van der Waals surface area (Å²) in [7, 11) is 0. The van der Waals surface area contributed by atoms with Gasteiger partial charge in [-0.2, -0.15) is 0 Å². The summed E-state index contributed by atoms with van der Waals surface area (Å²) in [5, 5.41) is 2.67. The number of nitrogens with one attached hydrogen (secondary N) is 2. The number of hydrogen-bond donors (Lipinski definition) is 2. The Labute approximate surface area is 121 Å². The van der Waals surface area contributed by atoms with Crippen LogP contribution in [0.25, 0.3) is 11.0 Å². The molecule has 0 aliphatic heterocycles. The van der Waals surface area contributed by atoms with Gasteiger partial charge in [0.25, 0.3) is 5.91 Å². The highest BCUT2D eigenvalue weighted by molar-refractivity contribution is 5.94. The number of fused-ring (bicyclic) bond motifs is 1. The average Bonchev–Trinajstić information content (AvgIpc) is 2.90. The lowest BCUT2D eigenvalue weighted by Gasteiger charge is -2.05. The lowest BCUT2D eigenvalue weighted by atomic mass is 10.1. The molecule has 0 aliphatic carbocycles. The molecule has 2 aromatic carbocycles. The van der Waals surface area contributed by atoms with Crippen molar-refractivity contribution in [3.05, 3.63) is 65.2 Å². The summed E-state index contributed by atoms with van der Waals surface area (Å²) >= 11 is 0. The van der Waals surface area contributed by atoms with Crippen LogP contribution in [0.5, 0.6) is 0 Å². The Morgan fingerprint density at radius 1 is 1.29 bits per heavy atom. The van der Waals surface area contributed by atoms with Crippen molar-refractivity contribution in [2.45, 2.75) is 13.5 Å². The molecule has 4 nitrogen and oxygen atoms in total. The Balaban J connectivity index is 1.74. The molecule has 0 radical (unpaired) electrons. The summed E-state index contributed by atoms with van der Waals surface area (Å²) in [4.78, 5) is 19.5. The monoisotopic (exact) mass is 283 g/mol. The lowest BCUT2D eigenvalue weighted by molar-refractivity contribution is 0.0946. The summed E-state index contributed by atoms with van der Waals surface area (Å²) in [5.74, 6) is -0.336. The number of aromatic nitrogens is 2. The van der Waals surface area contributed by atoms with Crippen molar-refractivity contribution in [1.82, 2.24) is 15.3 Å². The number of carbonyl (C=O) groups is 1. The van der Waals surface area contributed by atoms with Gasteiger partial charge in [-0.1, -0.05) is 23.8 Å². The molecule has 0 saturated carbocycles. The van der Waals surface area contributed by atoms with Crippen LogP contribution in [0.15, 0.2) is 42.5 Å². The molecular weight excluding hydrogens is 269 g/mol. The molecule has 0 unspecified atom stereocenters. The number of carbonyl (C=O) groups excluding carboxylic acids is 1. The van der Waals surface area contributed by atoms with Crippen LogP contribution >= 0.6 is 0 Å². The molecule has 0 saturated heterocycles. The fraction of sp³-hybridized carbons (Fsp3) is 0.125. The molecule has 1 heterocycles. The Bertz CT molecular complexity index is 777. The van der Waals surface area contributed by atoms with E-state index < -0.39 is 11.7 Å². The molecule has 0 fully saturated rings. The molecule has 1 amide bonds. The van der Waals surface area contributed by atoms with Gasteiger partial charge in [0.15, 0.2) is 0 Å². The summed E-state index contributed by atoms with van der Waals surface area (Å²) in [6.45, 7) is 2.04. The minimum Gasteiger partial charge on any atom is -0.345 e. The predicted molar refractivity (Wildman–Crippen MR) is 78.4 cm³/mol. The van der Waals surface area contributed by atoms with E-state index >= 15 is 0 Å². The summed E-state index contributed by atoms with van der Waals surface area (Å²) < 4.78 is 13.6. The Morgan fingerprint density at radius 2 is 2.10 bits per heavy atom.